The Balaban J connectivity index is 1.09. The SMILES string of the molecule is CCCCCCCCCCCCCCCCOc1cc(NS(=O)Oc2cc(NS(=O)Oc3cccc(S(=O)(=O)Nc4cccc5c(O)c(NC(=O)CC)cc(N=Nc6ccc(C)cc6C#N)c45)c3)ccc2OCCOC)c(O)cc1C. The molecule has 0 heterocycles. The molecule has 0 aliphatic carbocycles. The van der Waals surface area contributed by atoms with E-state index in [1.165, 1.54) is 144 Å². The van der Waals surface area contributed by atoms with E-state index in [0.29, 0.717) is 17.9 Å². The Bertz CT molecular complexity index is 3320. The molecule has 0 saturated carbocycles. The van der Waals surface area contributed by atoms with Crippen LogP contribution in [-0.2, 0) is 42.1 Å². The van der Waals surface area contributed by atoms with Crippen molar-refractivity contribution < 1.29 is 54.4 Å². The topological polar surface area (TPSA) is 269 Å². The Hall–Kier alpha value is -7.45. The molecule has 22 heteroatoms. The first kappa shape index (κ1) is 62.7. The summed E-state index contributed by atoms with van der Waals surface area (Å²) in [4.78, 5) is 12.2. The Morgan fingerprint density at radius 2 is 1.32 bits per heavy atom. The summed E-state index contributed by atoms with van der Waals surface area (Å²) in [5, 5.41) is 43.5. The van der Waals surface area contributed by atoms with Crippen LogP contribution >= 0.6 is 0 Å². The van der Waals surface area contributed by atoms with Crippen LogP contribution in [-0.4, -0.2) is 59.9 Å². The van der Waals surface area contributed by atoms with Crippen molar-refractivity contribution in [2.24, 2.45) is 10.2 Å². The number of rotatable bonds is 35. The van der Waals surface area contributed by atoms with Gasteiger partial charge in [0.25, 0.3) is 10.0 Å². The van der Waals surface area contributed by atoms with Crippen molar-refractivity contribution in [3.8, 4) is 40.6 Å². The predicted molar refractivity (Wildman–Crippen MR) is 319 cm³/mol. The molecule has 0 aliphatic rings. The quantitative estimate of drug-likeness (QED) is 0.0123. The Morgan fingerprint density at radius 3 is 2.01 bits per heavy atom. The van der Waals surface area contributed by atoms with Crippen LogP contribution in [0.5, 0.6) is 34.5 Å². The summed E-state index contributed by atoms with van der Waals surface area (Å²) >= 11 is -4.66. The summed E-state index contributed by atoms with van der Waals surface area (Å²) in [6, 6.07) is 25.6. The van der Waals surface area contributed by atoms with Crippen LogP contribution in [0, 0.1) is 25.2 Å². The fraction of sp³-hybridized carbons (Fsp3) is 0.390. The molecule has 6 rings (SSSR count). The number of phenols is 2. The van der Waals surface area contributed by atoms with Gasteiger partial charge in [-0.1, -0.05) is 122 Å². The number of nitriles is 1. The minimum Gasteiger partial charge on any atom is -0.506 e. The summed E-state index contributed by atoms with van der Waals surface area (Å²) in [5.41, 5.74) is 2.31. The number of nitrogens with one attached hydrogen (secondary N) is 4. The van der Waals surface area contributed by atoms with Crippen LogP contribution in [0.15, 0.2) is 112 Å². The molecule has 2 atom stereocenters. The number of anilines is 4. The number of ether oxygens (including phenoxy) is 3. The number of sulfonamides is 1. The Kier molecular flexibility index (Phi) is 24.9. The number of phenolic OH excluding ortho intramolecular Hbond substituents is 2. The molecule has 0 aromatic heterocycles. The lowest BCUT2D eigenvalue weighted by atomic mass is 10.0. The normalized spacial score (nSPS) is 12.1. The number of nitrogens with zero attached hydrogens (tertiary/aromatic N) is 3. The Morgan fingerprint density at radius 1 is 0.654 bits per heavy atom. The summed E-state index contributed by atoms with van der Waals surface area (Å²) in [6.45, 7) is 8.33. The van der Waals surface area contributed by atoms with Gasteiger partial charge in [0, 0.05) is 42.5 Å². The minimum absolute atomic E-state index is 0.00488. The van der Waals surface area contributed by atoms with Gasteiger partial charge in [-0.05, 0) is 86.0 Å². The highest BCUT2D eigenvalue weighted by Crippen LogP contribution is 2.44. The minimum atomic E-state index is -4.46. The first-order valence-corrected chi connectivity index (χ1v) is 30.9. The third kappa shape index (κ3) is 19.4. The van der Waals surface area contributed by atoms with E-state index in [1.807, 2.05) is 13.8 Å². The van der Waals surface area contributed by atoms with Gasteiger partial charge in [-0.25, -0.2) is 8.42 Å². The van der Waals surface area contributed by atoms with Gasteiger partial charge in [-0.3, -0.25) is 19.0 Å². The van der Waals surface area contributed by atoms with E-state index < -0.39 is 38.5 Å². The molecule has 2 unspecified atom stereocenters. The van der Waals surface area contributed by atoms with Gasteiger partial charge in [0.1, 0.15) is 41.4 Å². The highest BCUT2D eigenvalue weighted by atomic mass is 32.2. The fourth-order valence-corrected chi connectivity index (χ4v) is 11.0. The maximum absolute atomic E-state index is 14.1. The molecule has 0 radical (unpaired) electrons. The first-order valence-electron chi connectivity index (χ1n) is 27.2. The van der Waals surface area contributed by atoms with E-state index in [0.717, 1.165) is 30.9 Å². The molecule has 0 bridgehead atoms. The number of azo groups is 1. The molecule has 6 aromatic carbocycles. The standard InChI is InChI=1S/C59H73N7O12S3/c1-6-8-9-10-11-12-13-14-15-16-17-18-19-20-31-75-55-39-50(53(67)35-42(55)4)65-80(71)78-56-36-44(28-30-54(56)76-33-32-74-5)64-79(70)77-45-23-21-24-46(37-45)81(72,73)66-49-26-22-25-47-58(49)51(38-52(59(47)69)61-57(68)7-2)63-62-48-29-27-41(3)34-43(48)40-60/h21-30,34-39,64-67,69H,6-20,31-33H2,1-5H3,(H,61,68). The molecule has 1 amide bonds. The highest BCUT2D eigenvalue weighted by molar-refractivity contribution is 7.92. The average Bonchev–Trinajstić information content (AvgIpc) is 3.62. The summed E-state index contributed by atoms with van der Waals surface area (Å²) in [7, 11) is -2.95. The number of unbranched alkanes of at least 4 members (excludes halogenated alkanes) is 13. The molecular weight excluding hydrogens is 1090 g/mol. The summed E-state index contributed by atoms with van der Waals surface area (Å²) in [6.07, 6.45) is 17.6. The van der Waals surface area contributed by atoms with Crippen LogP contribution in [0.4, 0.5) is 34.1 Å². The molecule has 0 spiro atoms. The van der Waals surface area contributed by atoms with Crippen molar-refractivity contribution in [3.05, 3.63) is 114 Å². The van der Waals surface area contributed by atoms with Gasteiger partial charge < -0.3 is 38.1 Å². The smallest absolute Gasteiger partial charge is 0.316 e. The number of carbonyl (C=O) groups excluding carboxylic acids is 1. The van der Waals surface area contributed by atoms with E-state index in [4.69, 9.17) is 22.6 Å². The molecule has 81 heavy (non-hydrogen) atoms. The van der Waals surface area contributed by atoms with Gasteiger partial charge in [0.2, 0.25) is 5.91 Å². The third-order valence-corrected chi connectivity index (χ3v) is 15.7. The number of aromatic hydroxyl groups is 2. The Labute approximate surface area is 480 Å². The van der Waals surface area contributed by atoms with Crippen LogP contribution in [0.25, 0.3) is 10.8 Å². The van der Waals surface area contributed by atoms with E-state index in [1.54, 1.807) is 31.2 Å². The highest BCUT2D eigenvalue weighted by Gasteiger charge is 2.23. The zero-order valence-corrected chi connectivity index (χ0v) is 49.0. The van der Waals surface area contributed by atoms with Gasteiger partial charge in [0.05, 0.1) is 52.1 Å². The maximum atomic E-state index is 14.1. The summed E-state index contributed by atoms with van der Waals surface area (Å²) < 4.78 is 91.6. The number of hydrogen-bond acceptors (Lipinski definition) is 15. The lowest BCUT2D eigenvalue weighted by Crippen LogP contribution is -2.15. The molecule has 434 valence electrons. The number of aryl methyl sites for hydroxylation is 2. The van der Waals surface area contributed by atoms with Crippen molar-refractivity contribution in [2.75, 3.05) is 46.4 Å². The van der Waals surface area contributed by atoms with Crippen molar-refractivity contribution >= 4 is 83.4 Å². The largest absolute Gasteiger partial charge is 0.506 e. The van der Waals surface area contributed by atoms with Gasteiger partial charge in [-0.15, -0.1) is 10.2 Å². The second-order valence-electron chi connectivity index (χ2n) is 19.3. The molecule has 6 aromatic rings. The maximum Gasteiger partial charge on any atom is 0.316 e. The number of hydrogen-bond donors (Lipinski definition) is 6. The number of methoxy groups -OCH3 is 1. The van der Waals surface area contributed by atoms with Gasteiger partial charge in [0.15, 0.2) is 11.5 Å². The van der Waals surface area contributed by atoms with Gasteiger partial charge in [-0.2, -0.15) is 13.7 Å². The average molecular weight is 1170 g/mol. The monoisotopic (exact) mass is 1170 g/mol. The zero-order chi connectivity index (χ0) is 58.2. The number of carbonyl (C=O) groups is 1. The number of amides is 1. The van der Waals surface area contributed by atoms with E-state index in [-0.39, 0.29) is 104 Å². The number of fused-ring (bicyclic) bond motifs is 1. The molecular formula is C59H73N7O12S3. The second kappa shape index (κ2) is 32.1. The van der Waals surface area contributed by atoms with Crippen LogP contribution < -0.4 is 37.3 Å². The van der Waals surface area contributed by atoms with Crippen molar-refractivity contribution in [1.29, 1.82) is 5.26 Å². The molecule has 0 aliphatic heterocycles. The van der Waals surface area contributed by atoms with Crippen LogP contribution in [0.3, 0.4) is 0 Å². The molecule has 0 saturated heterocycles. The van der Waals surface area contributed by atoms with Crippen LogP contribution in [0.1, 0.15) is 127 Å². The van der Waals surface area contributed by atoms with E-state index >= 15 is 0 Å². The lowest BCUT2D eigenvalue weighted by Gasteiger charge is -2.16. The van der Waals surface area contributed by atoms with Crippen molar-refractivity contribution in [2.45, 2.75) is 129 Å². The molecule has 0 fully saturated rings. The van der Waals surface area contributed by atoms with E-state index in [9.17, 15) is 37.1 Å². The van der Waals surface area contributed by atoms with Crippen molar-refractivity contribution in [1.82, 2.24) is 0 Å². The first-order chi connectivity index (χ1) is 39.1. The van der Waals surface area contributed by atoms with Gasteiger partial charge >= 0.3 is 22.5 Å². The predicted octanol–water partition coefficient (Wildman–Crippen LogP) is 14.3. The number of benzene rings is 6. The molecule has 6 N–H and O–H groups in total. The van der Waals surface area contributed by atoms with Crippen molar-refractivity contribution in [3.63, 3.8) is 0 Å². The lowest BCUT2D eigenvalue weighted by molar-refractivity contribution is -0.115. The fourth-order valence-electron chi connectivity index (χ4n) is 8.55. The van der Waals surface area contributed by atoms with Crippen LogP contribution in [0.2, 0.25) is 0 Å². The summed E-state index contributed by atoms with van der Waals surface area (Å²) in [5.74, 6) is -0.411. The van der Waals surface area contributed by atoms with E-state index in [2.05, 4.69) is 42.7 Å². The zero-order valence-electron chi connectivity index (χ0n) is 46.5. The molecule has 19 nitrogen and oxygen atoms in total. The second-order valence-corrected chi connectivity index (χ2v) is 22.6. The third-order valence-electron chi connectivity index (χ3n) is 12.9.